The topological polar surface area (TPSA) is 74.7 Å². The lowest BCUT2D eigenvalue weighted by Crippen LogP contribution is -1.86. The van der Waals surface area contributed by atoms with Crippen molar-refractivity contribution in [2.24, 2.45) is 0 Å². The van der Waals surface area contributed by atoms with Gasteiger partial charge in [-0.15, -0.1) is 0 Å². The molecule has 1 radical (unpaired) electrons. The number of nitrogens with zero attached hydrogens (tertiary/aromatic N) is 3. The maximum atomic E-state index is 10.0. The van der Waals surface area contributed by atoms with Crippen LogP contribution in [-0.4, -0.2) is 25.3 Å². The Kier molecular flexibility index (Phi) is 2.49. The number of phenols is 1. The van der Waals surface area contributed by atoms with Crippen molar-refractivity contribution in [1.29, 1.82) is 0 Å². The number of phenolic OH excluding ortho intramolecular Hbond substituents is 1. The lowest BCUT2D eigenvalue weighted by atomic mass is 10.0. The van der Waals surface area contributed by atoms with Crippen LogP contribution in [0.5, 0.6) is 5.75 Å². The number of benzene rings is 1. The van der Waals surface area contributed by atoms with Crippen LogP contribution in [0.3, 0.4) is 0 Å². The number of nitrogens with one attached hydrogen (secondary N) is 1. The smallest absolute Gasteiger partial charge is 0.125 e. The summed E-state index contributed by atoms with van der Waals surface area (Å²) in [7, 11) is 0. The molecule has 0 saturated carbocycles. The average molecular weight is 237 g/mol. The Balaban J connectivity index is 2.05. The summed E-state index contributed by atoms with van der Waals surface area (Å²) in [6, 6.07) is 5.39. The van der Waals surface area contributed by atoms with Crippen LogP contribution >= 0.6 is 0 Å². The van der Waals surface area contributed by atoms with E-state index in [1.54, 1.807) is 24.7 Å². The molecule has 1 aromatic carbocycles. The molecule has 3 rings (SSSR count). The molecule has 0 atom stereocenters. The molecule has 5 heteroatoms. The van der Waals surface area contributed by atoms with Crippen LogP contribution in [0.1, 0.15) is 0 Å². The van der Waals surface area contributed by atoms with Crippen LogP contribution < -0.4 is 0 Å². The molecule has 5 nitrogen and oxygen atoms in total. The maximum Gasteiger partial charge on any atom is 0.125 e. The molecule has 2 N–H and O–H groups in total. The number of aromatic amines is 1. The Labute approximate surface area is 103 Å². The summed E-state index contributed by atoms with van der Waals surface area (Å²) >= 11 is 0. The minimum Gasteiger partial charge on any atom is -0.507 e. The lowest BCUT2D eigenvalue weighted by Gasteiger charge is -2.05. The van der Waals surface area contributed by atoms with E-state index in [0.717, 1.165) is 11.1 Å². The van der Waals surface area contributed by atoms with Crippen LogP contribution in [0.15, 0.2) is 43.0 Å². The zero-order valence-electron chi connectivity index (χ0n) is 9.33. The number of rotatable bonds is 2. The van der Waals surface area contributed by atoms with Gasteiger partial charge in [0.15, 0.2) is 0 Å². The SMILES string of the molecule is Oc1cc(-c2cn[nH]c2)ccc1-c1cn[c]cn1. The fourth-order valence-electron chi connectivity index (χ4n) is 1.74. The Hall–Kier alpha value is -2.69. The molecule has 0 aliphatic carbocycles. The summed E-state index contributed by atoms with van der Waals surface area (Å²) in [6.07, 6.45) is 9.10. The second-order valence-electron chi connectivity index (χ2n) is 3.75. The molecule has 2 heterocycles. The van der Waals surface area contributed by atoms with Crippen LogP contribution in [0, 0.1) is 6.20 Å². The highest BCUT2D eigenvalue weighted by atomic mass is 16.3. The quantitative estimate of drug-likeness (QED) is 0.715. The van der Waals surface area contributed by atoms with Crippen molar-refractivity contribution in [2.75, 3.05) is 0 Å². The molecule has 0 bridgehead atoms. The zero-order valence-corrected chi connectivity index (χ0v) is 9.33. The molecular weight excluding hydrogens is 228 g/mol. The van der Waals surface area contributed by atoms with E-state index in [-0.39, 0.29) is 5.75 Å². The van der Waals surface area contributed by atoms with Crippen molar-refractivity contribution < 1.29 is 5.11 Å². The van der Waals surface area contributed by atoms with Crippen molar-refractivity contribution in [3.05, 3.63) is 49.2 Å². The highest BCUT2D eigenvalue weighted by Gasteiger charge is 2.08. The van der Waals surface area contributed by atoms with Gasteiger partial charge in [-0.1, -0.05) is 6.07 Å². The van der Waals surface area contributed by atoms with Crippen LogP contribution in [-0.2, 0) is 0 Å². The van der Waals surface area contributed by atoms with E-state index in [9.17, 15) is 5.11 Å². The Morgan fingerprint density at radius 1 is 1.17 bits per heavy atom. The first-order valence-corrected chi connectivity index (χ1v) is 5.35. The number of H-pyrrole nitrogens is 1. The third-order valence-corrected chi connectivity index (χ3v) is 2.63. The molecule has 3 aromatic rings. The summed E-state index contributed by atoms with van der Waals surface area (Å²) in [6.45, 7) is 0. The monoisotopic (exact) mass is 237 g/mol. The first-order valence-electron chi connectivity index (χ1n) is 5.35. The van der Waals surface area contributed by atoms with Crippen LogP contribution in [0.2, 0.25) is 0 Å². The summed E-state index contributed by atoms with van der Waals surface area (Å²) in [5, 5.41) is 16.6. The van der Waals surface area contributed by atoms with Gasteiger partial charge in [-0.05, 0) is 17.7 Å². The van der Waals surface area contributed by atoms with Crippen molar-refractivity contribution >= 4 is 0 Å². The molecule has 0 amide bonds. The maximum absolute atomic E-state index is 10.0. The Bertz CT molecular complexity index is 650. The van der Waals surface area contributed by atoms with E-state index in [0.29, 0.717) is 11.3 Å². The fourth-order valence-corrected chi connectivity index (χ4v) is 1.74. The second kappa shape index (κ2) is 4.29. The summed E-state index contributed by atoms with van der Waals surface area (Å²) < 4.78 is 0. The van der Waals surface area contributed by atoms with Crippen molar-refractivity contribution in [1.82, 2.24) is 20.2 Å². The minimum absolute atomic E-state index is 0.161. The zero-order chi connectivity index (χ0) is 12.4. The molecule has 2 aromatic heterocycles. The molecular formula is C13H9N4O. The molecule has 0 unspecified atom stereocenters. The molecule has 0 saturated heterocycles. The normalized spacial score (nSPS) is 10.4. The van der Waals surface area contributed by atoms with Gasteiger partial charge < -0.3 is 5.11 Å². The molecule has 0 aliphatic rings. The summed E-state index contributed by atoms with van der Waals surface area (Å²) in [5.74, 6) is 0.161. The summed E-state index contributed by atoms with van der Waals surface area (Å²) in [5.41, 5.74) is 3.07. The second-order valence-corrected chi connectivity index (χ2v) is 3.75. The molecule has 87 valence electrons. The first-order chi connectivity index (χ1) is 8.84. The number of aromatic nitrogens is 4. The molecule has 18 heavy (non-hydrogen) atoms. The van der Waals surface area contributed by atoms with Crippen molar-refractivity contribution in [2.45, 2.75) is 0 Å². The van der Waals surface area contributed by atoms with Gasteiger partial charge in [-0.2, -0.15) is 5.10 Å². The third-order valence-electron chi connectivity index (χ3n) is 2.63. The van der Waals surface area contributed by atoms with E-state index in [1.165, 1.54) is 6.20 Å². The van der Waals surface area contributed by atoms with E-state index in [4.69, 9.17) is 0 Å². The van der Waals surface area contributed by atoms with E-state index in [1.807, 2.05) is 12.1 Å². The van der Waals surface area contributed by atoms with E-state index < -0.39 is 0 Å². The molecule has 0 fully saturated rings. The largest absolute Gasteiger partial charge is 0.507 e. The first kappa shape index (κ1) is 10.5. The summed E-state index contributed by atoms with van der Waals surface area (Å²) in [4.78, 5) is 7.97. The van der Waals surface area contributed by atoms with Crippen molar-refractivity contribution in [3.63, 3.8) is 0 Å². The number of hydrogen-bond donors (Lipinski definition) is 2. The van der Waals surface area contributed by atoms with Gasteiger partial charge in [0.05, 0.1) is 24.3 Å². The predicted molar refractivity (Wildman–Crippen MR) is 65.6 cm³/mol. The highest BCUT2D eigenvalue weighted by Crippen LogP contribution is 2.31. The fraction of sp³-hybridized carbons (Fsp3) is 0. The minimum atomic E-state index is 0.161. The Morgan fingerprint density at radius 2 is 2.11 bits per heavy atom. The third kappa shape index (κ3) is 1.82. The van der Waals surface area contributed by atoms with Crippen LogP contribution in [0.4, 0.5) is 0 Å². The van der Waals surface area contributed by atoms with Gasteiger partial charge in [0, 0.05) is 17.3 Å². The van der Waals surface area contributed by atoms with E-state index >= 15 is 0 Å². The van der Waals surface area contributed by atoms with Gasteiger partial charge in [0.1, 0.15) is 11.9 Å². The van der Waals surface area contributed by atoms with Crippen LogP contribution in [0.25, 0.3) is 22.4 Å². The number of aromatic hydroxyl groups is 1. The number of hydrogen-bond acceptors (Lipinski definition) is 4. The van der Waals surface area contributed by atoms with Crippen molar-refractivity contribution in [3.8, 4) is 28.1 Å². The Morgan fingerprint density at radius 3 is 2.78 bits per heavy atom. The van der Waals surface area contributed by atoms with Gasteiger partial charge in [0.2, 0.25) is 0 Å². The molecule has 0 spiro atoms. The standard InChI is InChI=1S/C13H9N4O/c18-13-5-9(10-6-16-17-7-10)1-2-11(13)12-8-14-3-4-15-12/h1-2,4-8,18H,(H,16,17). The van der Waals surface area contributed by atoms with Gasteiger partial charge in [0.25, 0.3) is 0 Å². The molecule has 0 aliphatic heterocycles. The predicted octanol–water partition coefficient (Wildman–Crippen LogP) is 2.04. The highest BCUT2D eigenvalue weighted by molar-refractivity contribution is 5.73. The van der Waals surface area contributed by atoms with Gasteiger partial charge >= 0.3 is 0 Å². The lowest BCUT2D eigenvalue weighted by molar-refractivity contribution is 0.477. The average Bonchev–Trinajstić information content (AvgIpc) is 2.93. The van der Waals surface area contributed by atoms with Gasteiger partial charge in [-0.25, -0.2) is 0 Å². The van der Waals surface area contributed by atoms with Gasteiger partial charge in [-0.3, -0.25) is 15.1 Å². The van der Waals surface area contributed by atoms with E-state index in [2.05, 4.69) is 26.4 Å².